The summed E-state index contributed by atoms with van der Waals surface area (Å²) in [5, 5.41) is 4.19. The number of pyridine rings is 1. The monoisotopic (exact) mass is 557 g/mol. The van der Waals surface area contributed by atoms with Crippen LogP contribution in [0, 0.1) is 18.6 Å². The Morgan fingerprint density at radius 3 is 2.50 bits per heavy atom. The van der Waals surface area contributed by atoms with Gasteiger partial charge in [0.15, 0.2) is 5.82 Å². The standard InChI is InChI=1S/C26H18ClF2N3O5S/c1-14-9-15(3-5-18(14)27)17-11-23(36-2)22(12-19(17)28)32-21-13-20(29)24(10-16(21)4-6-26(32)33)38(34,35)31-25-7-8-37-30-25/h3-13H,1-2H3,(H,30,31). The highest BCUT2D eigenvalue weighted by atomic mass is 35.5. The molecule has 5 aromatic rings. The molecular weight excluding hydrogens is 540 g/mol. The van der Waals surface area contributed by atoms with E-state index in [0.29, 0.717) is 10.6 Å². The summed E-state index contributed by atoms with van der Waals surface area (Å²) in [4.78, 5) is 12.3. The molecule has 194 valence electrons. The van der Waals surface area contributed by atoms with E-state index in [9.17, 15) is 13.2 Å². The van der Waals surface area contributed by atoms with Gasteiger partial charge in [0.25, 0.3) is 15.6 Å². The summed E-state index contributed by atoms with van der Waals surface area (Å²) in [6, 6.07) is 13.3. The number of halogens is 3. The van der Waals surface area contributed by atoms with Gasteiger partial charge in [0.2, 0.25) is 0 Å². The van der Waals surface area contributed by atoms with Gasteiger partial charge in [-0.25, -0.2) is 17.2 Å². The molecule has 38 heavy (non-hydrogen) atoms. The first-order valence-corrected chi connectivity index (χ1v) is 12.9. The van der Waals surface area contributed by atoms with Gasteiger partial charge in [-0.05, 0) is 48.4 Å². The lowest BCUT2D eigenvalue weighted by Crippen LogP contribution is -2.20. The fraction of sp³-hybridized carbons (Fsp3) is 0.0769. The normalized spacial score (nSPS) is 11.6. The van der Waals surface area contributed by atoms with E-state index in [1.165, 1.54) is 25.3 Å². The zero-order valence-corrected chi connectivity index (χ0v) is 21.4. The van der Waals surface area contributed by atoms with Crippen molar-refractivity contribution < 1.29 is 26.5 Å². The third-order valence-electron chi connectivity index (χ3n) is 5.89. The Morgan fingerprint density at radius 2 is 1.82 bits per heavy atom. The number of anilines is 1. The summed E-state index contributed by atoms with van der Waals surface area (Å²) in [7, 11) is -3.03. The van der Waals surface area contributed by atoms with Crippen molar-refractivity contribution in [3.05, 3.63) is 99.5 Å². The van der Waals surface area contributed by atoms with Gasteiger partial charge in [-0.3, -0.25) is 14.1 Å². The first-order valence-electron chi connectivity index (χ1n) is 11.0. The van der Waals surface area contributed by atoms with Crippen LogP contribution in [0.1, 0.15) is 5.56 Å². The molecule has 0 saturated heterocycles. The number of hydrogen-bond donors (Lipinski definition) is 1. The van der Waals surface area contributed by atoms with Crippen molar-refractivity contribution in [1.29, 1.82) is 0 Å². The third-order valence-corrected chi connectivity index (χ3v) is 7.69. The zero-order valence-electron chi connectivity index (χ0n) is 19.8. The Bertz CT molecular complexity index is 1870. The lowest BCUT2D eigenvalue weighted by atomic mass is 10.0. The molecular formula is C26H18ClF2N3O5S. The van der Waals surface area contributed by atoms with Gasteiger partial charge in [-0.1, -0.05) is 22.8 Å². The van der Waals surface area contributed by atoms with E-state index in [1.807, 2.05) is 0 Å². The van der Waals surface area contributed by atoms with E-state index >= 15 is 8.78 Å². The quantitative estimate of drug-likeness (QED) is 0.287. The van der Waals surface area contributed by atoms with E-state index in [4.69, 9.17) is 16.3 Å². The molecule has 0 unspecified atom stereocenters. The first kappa shape index (κ1) is 25.4. The molecule has 0 bridgehead atoms. The van der Waals surface area contributed by atoms with E-state index in [1.54, 1.807) is 25.1 Å². The predicted octanol–water partition coefficient (Wildman–Crippen LogP) is 5.70. The summed E-state index contributed by atoms with van der Waals surface area (Å²) in [5.74, 6) is -1.80. The fourth-order valence-corrected chi connectivity index (χ4v) is 5.27. The van der Waals surface area contributed by atoms with Crippen molar-refractivity contribution in [2.45, 2.75) is 11.8 Å². The number of aromatic nitrogens is 2. The minimum Gasteiger partial charge on any atom is -0.495 e. The summed E-state index contributed by atoms with van der Waals surface area (Å²) in [6.07, 6.45) is 1.15. The number of methoxy groups -OCH3 is 1. The van der Waals surface area contributed by atoms with Crippen molar-refractivity contribution in [2.24, 2.45) is 0 Å². The fourth-order valence-electron chi connectivity index (χ4n) is 4.07. The van der Waals surface area contributed by atoms with Gasteiger partial charge in [-0.15, -0.1) is 0 Å². The van der Waals surface area contributed by atoms with Crippen LogP contribution in [0.2, 0.25) is 5.02 Å². The van der Waals surface area contributed by atoms with Gasteiger partial charge in [-0.2, -0.15) is 0 Å². The van der Waals surface area contributed by atoms with Crippen LogP contribution in [0.5, 0.6) is 5.75 Å². The van der Waals surface area contributed by atoms with Crippen molar-refractivity contribution in [3.8, 4) is 22.6 Å². The average Bonchev–Trinajstić information content (AvgIpc) is 3.37. The summed E-state index contributed by atoms with van der Waals surface area (Å²) < 4.78 is 69.4. The van der Waals surface area contributed by atoms with Crippen molar-refractivity contribution in [1.82, 2.24) is 9.72 Å². The van der Waals surface area contributed by atoms with E-state index in [0.717, 1.165) is 40.7 Å². The van der Waals surface area contributed by atoms with Crippen LogP contribution in [0.15, 0.2) is 81.1 Å². The van der Waals surface area contributed by atoms with E-state index in [2.05, 4.69) is 14.4 Å². The van der Waals surface area contributed by atoms with Crippen molar-refractivity contribution in [3.63, 3.8) is 0 Å². The SMILES string of the molecule is COc1cc(-c2ccc(Cl)c(C)c2)c(F)cc1-n1c(=O)ccc2cc(S(=O)(=O)Nc3ccon3)c(F)cc21. The number of nitrogens with zero attached hydrogens (tertiary/aromatic N) is 2. The highest BCUT2D eigenvalue weighted by Gasteiger charge is 2.23. The van der Waals surface area contributed by atoms with Crippen molar-refractivity contribution in [2.75, 3.05) is 11.8 Å². The lowest BCUT2D eigenvalue weighted by Gasteiger charge is -2.17. The summed E-state index contributed by atoms with van der Waals surface area (Å²) >= 11 is 6.10. The van der Waals surface area contributed by atoms with Gasteiger partial charge in [0.1, 0.15) is 28.5 Å². The molecule has 3 aromatic carbocycles. The van der Waals surface area contributed by atoms with Crippen LogP contribution < -0.4 is 15.0 Å². The van der Waals surface area contributed by atoms with E-state index < -0.39 is 32.1 Å². The molecule has 0 saturated carbocycles. The largest absolute Gasteiger partial charge is 0.495 e. The number of nitrogens with one attached hydrogen (secondary N) is 1. The van der Waals surface area contributed by atoms with Gasteiger partial charge >= 0.3 is 0 Å². The maximum atomic E-state index is 15.4. The average molecular weight is 558 g/mol. The van der Waals surface area contributed by atoms with Crippen LogP contribution in [0.4, 0.5) is 14.6 Å². The minimum atomic E-state index is -4.38. The predicted molar refractivity (Wildman–Crippen MR) is 139 cm³/mol. The second-order valence-corrected chi connectivity index (χ2v) is 10.4. The minimum absolute atomic E-state index is 0.00294. The highest BCUT2D eigenvalue weighted by molar-refractivity contribution is 7.92. The molecule has 2 aromatic heterocycles. The second-order valence-electron chi connectivity index (χ2n) is 8.31. The molecule has 0 spiro atoms. The molecule has 0 aliphatic carbocycles. The second kappa shape index (κ2) is 9.58. The maximum absolute atomic E-state index is 15.4. The smallest absolute Gasteiger partial charge is 0.266 e. The number of fused-ring (bicyclic) bond motifs is 1. The van der Waals surface area contributed by atoms with Gasteiger partial charge in [0.05, 0.1) is 18.3 Å². The molecule has 5 rings (SSSR count). The molecule has 8 nitrogen and oxygen atoms in total. The summed E-state index contributed by atoms with van der Waals surface area (Å²) in [5.41, 5.74) is 0.892. The Kier molecular flexibility index (Phi) is 6.41. The lowest BCUT2D eigenvalue weighted by molar-refractivity contribution is 0.412. The van der Waals surface area contributed by atoms with Crippen LogP contribution in [0.25, 0.3) is 27.7 Å². The summed E-state index contributed by atoms with van der Waals surface area (Å²) in [6.45, 7) is 1.79. The van der Waals surface area contributed by atoms with Crippen molar-refractivity contribution >= 4 is 38.3 Å². The van der Waals surface area contributed by atoms with Crippen LogP contribution in [0.3, 0.4) is 0 Å². The number of ether oxygens (including phenoxy) is 1. The molecule has 0 atom stereocenters. The Morgan fingerprint density at radius 1 is 1.03 bits per heavy atom. The molecule has 0 aliphatic heterocycles. The number of rotatable bonds is 6. The third kappa shape index (κ3) is 4.50. The molecule has 2 heterocycles. The highest BCUT2D eigenvalue weighted by Crippen LogP contribution is 2.35. The molecule has 12 heteroatoms. The number of hydrogen-bond acceptors (Lipinski definition) is 6. The molecule has 0 amide bonds. The number of benzene rings is 3. The first-order chi connectivity index (χ1) is 18.1. The van der Waals surface area contributed by atoms with Crippen LogP contribution in [-0.4, -0.2) is 25.3 Å². The van der Waals surface area contributed by atoms with E-state index in [-0.39, 0.29) is 33.7 Å². The zero-order chi connectivity index (χ0) is 27.2. The molecule has 0 fully saturated rings. The number of aryl methyl sites for hydroxylation is 1. The molecule has 1 N–H and O–H groups in total. The van der Waals surface area contributed by atoms with Crippen LogP contribution in [-0.2, 0) is 10.0 Å². The van der Waals surface area contributed by atoms with Crippen LogP contribution >= 0.6 is 11.6 Å². The Labute approximate surface area is 220 Å². The topological polar surface area (TPSA) is 103 Å². The number of sulfonamides is 1. The Balaban J connectivity index is 1.68. The van der Waals surface area contributed by atoms with Gasteiger partial charge in [0, 0.05) is 40.2 Å². The maximum Gasteiger partial charge on any atom is 0.266 e. The molecule has 0 aliphatic rings. The molecule has 0 radical (unpaired) electrons. The Hall–Kier alpha value is -4.22. The van der Waals surface area contributed by atoms with Gasteiger partial charge < -0.3 is 9.26 Å².